The van der Waals surface area contributed by atoms with E-state index in [4.69, 9.17) is 0 Å². The molecule has 1 fully saturated rings. The van der Waals surface area contributed by atoms with Crippen LogP contribution >= 0.6 is 0 Å². The van der Waals surface area contributed by atoms with Gasteiger partial charge in [0.05, 0.1) is 12.5 Å². The number of aryl methyl sites for hydroxylation is 1. The molecule has 0 unspecified atom stereocenters. The maximum absolute atomic E-state index is 12.3. The molecule has 5 nitrogen and oxygen atoms in total. The van der Waals surface area contributed by atoms with Crippen LogP contribution in [0.5, 0.6) is 0 Å². The quantitative estimate of drug-likeness (QED) is 0.775. The van der Waals surface area contributed by atoms with Crippen molar-refractivity contribution in [1.82, 2.24) is 4.90 Å². The van der Waals surface area contributed by atoms with Gasteiger partial charge in [-0.3, -0.25) is 9.59 Å². The summed E-state index contributed by atoms with van der Waals surface area (Å²) in [6.07, 6.45) is 3.56. The number of aliphatic hydroxyl groups excluding tert-OH is 1. The molecule has 0 atom stereocenters. The number of piperidine rings is 1. The lowest BCUT2D eigenvalue weighted by Crippen LogP contribution is -2.40. The van der Waals surface area contributed by atoms with Crippen molar-refractivity contribution >= 4 is 17.5 Å². The number of likely N-dealkylation sites (tertiary alicyclic amines) is 1. The lowest BCUT2D eigenvalue weighted by Gasteiger charge is -2.29. The fourth-order valence-electron chi connectivity index (χ4n) is 3.43. The summed E-state index contributed by atoms with van der Waals surface area (Å²) in [6.45, 7) is 1.24. The number of carbonyl (C=O) groups excluding carboxylic acids is 2. The van der Waals surface area contributed by atoms with Crippen molar-refractivity contribution in [3.63, 3.8) is 0 Å². The average molecular weight is 380 g/mol. The molecule has 1 aliphatic rings. The highest BCUT2D eigenvalue weighted by Crippen LogP contribution is 2.15. The Bertz CT molecular complexity index is 766. The molecule has 2 aromatic carbocycles. The number of aliphatic hydroxyl groups is 1. The third-order valence-electron chi connectivity index (χ3n) is 5.12. The molecule has 0 bridgehead atoms. The van der Waals surface area contributed by atoms with Gasteiger partial charge in [0, 0.05) is 25.2 Å². The number of amides is 2. The molecular weight excluding hydrogens is 352 g/mol. The van der Waals surface area contributed by atoms with Crippen LogP contribution in [0.4, 0.5) is 5.69 Å². The van der Waals surface area contributed by atoms with Crippen molar-refractivity contribution < 1.29 is 14.7 Å². The van der Waals surface area contributed by atoms with E-state index in [-0.39, 0.29) is 17.9 Å². The van der Waals surface area contributed by atoms with Gasteiger partial charge in [0.1, 0.15) is 0 Å². The number of benzene rings is 2. The molecular formula is C23H28N2O3. The molecule has 28 heavy (non-hydrogen) atoms. The average Bonchev–Trinajstić information content (AvgIpc) is 2.71. The van der Waals surface area contributed by atoms with E-state index in [1.807, 2.05) is 47.4 Å². The number of carbonyl (C=O) groups is 2. The minimum atomic E-state index is -0.278. The first-order chi connectivity index (χ1) is 13.6. The van der Waals surface area contributed by atoms with Crippen LogP contribution in [0.3, 0.4) is 0 Å². The predicted octanol–water partition coefficient (Wildman–Crippen LogP) is 3.17. The molecule has 0 spiro atoms. The Morgan fingerprint density at radius 2 is 1.64 bits per heavy atom. The van der Waals surface area contributed by atoms with Crippen molar-refractivity contribution in [2.24, 2.45) is 0 Å². The van der Waals surface area contributed by atoms with Gasteiger partial charge in [0.2, 0.25) is 11.8 Å². The maximum Gasteiger partial charge on any atom is 0.226 e. The summed E-state index contributed by atoms with van der Waals surface area (Å²) in [4.78, 5) is 26.3. The number of hydrogen-bond acceptors (Lipinski definition) is 3. The van der Waals surface area contributed by atoms with Crippen LogP contribution in [0, 0.1) is 0 Å². The second-order valence-corrected chi connectivity index (χ2v) is 7.37. The van der Waals surface area contributed by atoms with Gasteiger partial charge in [-0.15, -0.1) is 0 Å². The summed E-state index contributed by atoms with van der Waals surface area (Å²) in [5.41, 5.74) is 2.92. The van der Waals surface area contributed by atoms with E-state index in [2.05, 4.69) is 17.4 Å². The van der Waals surface area contributed by atoms with E-state index in [9.17, 15) is 14.7 Å². The summed E-state index contributed by atoms with van der Waals surface area (Å²) >= 11 is 0. The van der Waals surface area contributed by atoms with Gasteiger partial charge in [-0.1, -0.05) is 42.5 Å². The highest BCUT2D eigenvalue weighted by molar-refractivity contribution is 5.90. The molecule has 0 radical (unpaired) electrons. The number of hydrogen-bond donors (Lipinski definition) is 2. The molecule has 1 saturated heterocycles. The van der Waals surface area contributed by atoms with Crippen molar-refractivity contribution in [2.75, 3.05) is 18.4 Å². The van der Waals surface area contributed by atoms with Crippen molar-refractivity contribution in [3.05, 3.63) is 65.7 Å². The normalized spacial score (nSPS) is 14.7. The Kier molecular flexibility index (Phi) is 7.20. The number of nitrogens with one attached hydrogen (secondary N) is 1. The van der Waals surface area contributed by atoms with Gasteiger partial charge >= 0.3 is 0 Å². The van der Waals surface area contributed by atoms with Gasteiger partial charge < -0.3 is 15.3 Å². The Morgan fingerprint density at radius 1 is 0.964 bits per heavy atom. The summed E-state index contributed by atoms with van der Waals surface area (Å²) in [5.74, 6) is 0.0937. The van der Waals surface area contributed by atoms with E-state index < -0.39 is 0 Å². The number of rotatable bonds is 7. The highest BCUT2D eigenvalue weighted by Gasteiger charge is 2.21. The lowest BCUT2D eigenvalue weighted by molar-refractivity contribution is -0.132. The standard InChI is InChI=1S/C23H28N2O3/c26-21-13-15-25(16-14-21)23(28)17-19-9-11-20(12-10-19)24-22(27)8-4-7-18-5-2-1-3-6-18/h1-3,5-6,9-12,21,26H,4,7-8,13-17H2,(H,24,27). The Labute approximate surface area is 166 Å². The van der Waals surface area contributed by atoms with Crippen LogP contribution < -0.4 is 5.32 Å². The van der Waals surface area contributed by atoms with E-state index in [1.165, 1.54) is 5.56 Å². The van der Waals surface area contributed by atoms with Crippen molar-refractivity contribution in [2.45, 2.75) is 44.6 Å². The molecule has 1 heterocycles. The third-order valence-corrected chi connectivity index (χ3v) is 5.12. The molecule has 2 aromatic rings. The van der Waals surface area contributed by atoms with Crippen LogP contribution in [0.25, 0.3) is 0 Å². The van der Waals surface area contributed by atoms with E-state index in [0.29, 0.717) is 38.8 Å². The van der Waals surface area contributed by atoms with Crippen LogP contribution in [-0.2, 0) is 22.4 Å². The van der Waals surface area contributed by atoms with Gasteiger partial charge in [0.25, 0.3) is 0 Å². The zero-order valence-corrected chi connectivity index (χ0v) is 16.1. The summed E-state index contributed by atoms with van der Waals surface area (Å²) in [7, 11) is 0. The highest BCUT2D eigenvalue weighted by atomic mass is 16.3. The summed E-state index contributed by atoms with van der Waals surface area (Å²) in [6, 6.07) is 17.6. The maximum atomic E-state index is 12.3. The first-order valence-corrected chi connectivity index (χ1v) is 9.99. The van der Waals surface area contributed by atoms with Crippen molar-refractivity contribution in [1.29, 1.82) is 0 Å². The monoisotopic (exact) mass is 380 g/mol. The van der Waals surface area contributed by atoms with Gasteiger partial charge in [-0.2, -0.15) is 0 Å². The van der Waals surface area contributed by atoms with Gasteiger partial charge in [-0.25, -0.2) is 0 Å². The summed E-state index contributed by atoms with van der Waals surface area (Å²) in [5, 5.41) is 12.5. The van der Waals surface area contributed by atoms with E-state index >= 15 is 0 Å². The minimum Gasteiger partial charge on any atom is -0.393 e. The molecule has 1 aliphatic heterocycles. The Hall–Kier alpha value is -2.66. The van der Waals surface area contributed by atoms with Gasteiger partial charge in [-0.05, 0) is 48.9 Å². The smallest absolute Gasteiger partial charge is 0.226 e. The Morgan fingerprint density at radius 3 is 2.32 bits per heavy atom. The molecule has 0 saturated carbocycles. The van der Waals surface area contributed by atoms with Crippen LogP contribution in [-0.4, -0.2) is 41.0 Å². The summed E-state index contributed by atoms with van der Waals surface area (Å²) < 4.78 is 0. The van der Waals surface area contributed by atoms with Crippen molar-refractivity contribution in [3.8, 4) is 0 Å². The first-order valence-electron chi connectivity index (χ1n) is 9.99. The first kappa shape index (κ1) is 20.1. The topological polar surface area (TPSA) is 69.6 Å². The predicted molar refractivity (Wildman–Crippen MR) is 110 cm³/mol. The zero-order valence-electron chi connectivity index (χ0n) is 16.1. The largest absolute Gasteiger partial charge is 0.393 e. The molecule has 3 rings (SSSR count). The zero-order chi connectivity index (χ0) is 19.8. The van der Waals surface area contributed by atoms with Gasteiger partial charge in [0.15, 0.2) is 0 Å². The molecule has 0 aromatic heterocycles. The Balaban J connectivity index is 1.41. The van der Waals surface area contributed by atoms with Crippen LogP contribution in [0.2, 0.25) is 0 Å². The van der Waals surface area contributed by atoms with E-state index in [1.54, 1.807) is 0 Å². The fraction of sp³-hybridized carbons (Fsp3) is 0.391. The molecule has 148 valence electrons. The minimum absolute atomic E-state index is 0.00614. The fourth-order valence-corrected chi connectivity index (χ4v) is 3.43. The third kappa shape index (κ3) is 6.20. The second-order valence-electron chi connectivity index (χ2n) is 7.37. The number of anilines is 1. The van der Waals surface area contributed by atoms with E-state index in [0.717, 1.165) is 24.1 Å². The molecule has 2 N–H and O–H groups in total. The second kappa shape index (κ2) is 10.0. The molecule has 0 aliphatic carbocycles. The SMILES string of the molecule is O=C(CCCc1ccccc1)Nc1ccc(CC(=O)N2CCC(O)CC2)cc1. The molecule has 2 amide bonds. The van der Waals surface area contributed by atoms with Crippen LogP contribution in [0.15, 0.2) is 54.6 Å². The number of nitrogens with zero attached hydrogens (tertiary/aromatic N) is 1. The molecule has 5 heteroatoms. The van der Waals surface area contributed by atoms with Crippen LogP contribution in [0.1, 0.15) is 36.8 Å². The lowest BCUT2D eigenvalue weighted by atomic mass is 10.1.